The van der Waals surface area contributed by atoms with Gasteiger partial charge in [-0.25, -0.2) is 0 Å². The molecule has 0 fully saturated rings. The number of hydrogen-bond acceptors (Lipinski definition) is 6. The zero-order valence-electron chi connectivity index (χ0n) is 54.3. The summed E-state index contributed by atoms with van der Waals surface area (Å²) in [6.07, 6.45) is 89.9. The van der Waals surface area contributed by atoms with Crippen LogP contribution < -0.4 is 0 Å². The van der Waals surface area contributed by atoms with Crippen LogP contribution in [0.4, 0.5) is 0 Å². The van der Waals surface area contributed by atoms with Gasteiger partial charge in [0.15, 0.2) is 6.10 Å². The van der Waals surface area contributed by atoms with Gasteiger partial charge in [0.25, 0.3) is 0 Å². The highest BCUT2D eigenvalue weighted by atomic mass is 16.6. The fourth-order valence-electron chi connectivity index (χ4n) is 10.7. The summed E-state index contributed by atoms with van der Waals surface area (Å²) in [5.74, 6) is -0.851. The third-order valence-corrected chi connectivity index (χ3v) is 16.0. The number of carbonyl (C=O) groups is 3. The molecule has 6 heteroatoms. The van der Waals surface area contributed by atoms with Crippen LogP contribution in [0.1, 0.15) is 380 Å². The quantitative estimate of drug-likeness (QED) is 0.0261. The van der Waals surface area contributed by atoms with E-state index in [0.717, 1.165) is 83.5 Å². The minimum Gasteiger partial charge on any atom is -0.462 e. The normalized spacial score (nSPS) is 12.4. The molecule has 0 aliphatic heterocycles. The third kappa shape index (κ3) is 67.8. The van der Waals surface area contributed by atoms with E-state index in [-0.39, 0.29) is 31.1 Å². The maximum atomic E-state index is 12.9. The molecule has 1 unspecified atom stereocenters. The van der Waals surface area contributed by atoms with Crippen molar-refractivity contribution in [3.8, 4) is 0 Å². The van der Waals surface area contributed by atoms with Crippen LogP contribution in [0.25, 0.3) is 0 Å². The molecule has 0 saturated carbocycles. The van der Waals surface area contributed by atoms with Gasteiger partial charge in [-0.3, -0.25) is 14.4 Å². The van der Waals surface area contributed by atoms with Gasteiger partial charge in [0.05, 0.1) is 0 Å². The molecule has 0 aliphatic carbocycles. The van der Waals surface area contributed by atoms with Crippen LogP contribution in [0.5, 0.6) is 0 Å². The predicted octanol–water partition coefficient (Wildman–Crippen LogP) is 24.7. The molecule has 6 nitrogen and oxygen atoms in total. The van der Waals surface area contributed by atoms with Gasteiger partial charge < -0.3 is 14.2 Å². The van der Waals surface area contributed by atoms with E-state index in [0.29, 0.717) is 19.3 Å². The summed E-state index contributed by atoms with van der Waals surface area (Å²) in [5, 5.41) is 0. The molecule has 0 amide bonds. The molecule has 472 valence electrons. The van der Waals surface area contributed by atoms with Crippen molar-refractivity contribution in [1.29, 1.82) is 0 Å². The van der Waals surface area contributed by atoms with Crippen LogP contribution in [0.15, 0.2) is 60.8 Å². The van der Waals surface area contributed by atoms with E-state index in [9.17, 15) is 14.4 Å². The fourth-order valence-corrected chi connectivity index (χ4v) is 10.7. The highest BCUT2D eigenvalue weighted by Gasteiger charge is 2.19. The largest absolute Gasteiger partial charge is 0.462 e. The summed E-state index contributed by atoms with van der Waals surface area (Å²) < 4.78 is 16.9. The molecule has 1 atom stereocenters. The minimum absolute atomic E-state index is 0.0698. The number of unbranched alkanes of at least 4 members (excludes halogenated alkanes) is 45. The van der Waals surface area contributed by atoms with Crippen molar-refractivity contribution in [2.24, 2.45) is 0 Å². The lowest BCUT2D eigenvalue weighted by Crippen LogP contribution is -2.30. The number of allylic oxidation sites excluding steroid dienone is 10. The van der Waals surface area contributed by atoms with E-state index in [4.69, 9.17) is 14.2 Å². The average Bonchev–Trinajstić information content (AvgIpc) is 3.47. The first-order valence-corrected chi connectivity index (χ1v) is 35.8. The van der Waals surface area contributed by atoms with Gasteiger partial charge in [-0.2, -0.15) is 0 Å². The van der Waals surface area contributed by atoms with Crippen molar-refractivity contribution in [1.82, 2.24) is 0 Å². The first-order chi connectivity index (χ1) is 40.0. The smallest absolute Gasteiger partial charge is 0.306 e. The lowest BCUT2D eigenvalue weighted by Gasteiger charge is -2.18. The van der Waals surface area contributed by atoms with Crippen LogP contribution >= 0.6 is 0 Å². The predicted molar refractivity (Wildman–Crippen MR) is 353 cm³/mol. The van der Waals surface area contributed by atoms with Gasteiger partial charge in [0, 0.05) is 19.3 Å². The van der Waals surface area contributed by atoms with E-state index in [1.807, 2.05) is 0 Å². The van der Waals surface area contributed by atoms with E-state index >= 15 is 0 Å². The molecule has 0 bridgehead atoms. The van der Waals surface area contributed by atoms with Gasteiger partial charge in [0.2, 0.25) is 0 Å². The Labute approximate surface area is 504 Å². The monoisotopic (exact) mass is 1130 g/mol. The van der Waals surface area contributed by atoms with Crippen LogP contribution in [0, 0.1) is 0 Å². The number of carbonyl (C=O) groups excluding carboxylic acids is 3. The maximum absolute atomic E-state index is 12.9. The average molecular weight is 1130 g/mol. The van der Waals surface area contributed by atoms with E-state index < -0.39 is 6.10 Å². The summed E-state index contributed by atoms with van der Waals surface area (Å²) in [7, 11) is 0. The van der Waals surface area contributed by atoms with Gasteiger partial charge >= 0.3 is 17.9 Å². The van der Waals surface area contributed by atoms with Gasteiger partial charge in [-0.05, 0) is 83.5 Å². The summed E-state index contributed by atoms with van der Waals surface area (Å²) in [6, 6.07) is 0. The summed E-state index contributed by atoms with van der Waals surface area (Å²) >= 11 is 0. The molecular formula is C75H136O6. The van der Waals surface area contributed by atoms with Crippen molar-refractivity contribution < 1.29 is 28.6 Å². The summed E-state index contributed by atoms with van der Waals surface area (Å²) in [5.41, 5.74) is 0. The Morgan fingerprint density at radius 3 is 0.765 bits per heavy atom. The zero-order valence-corrected chi connectivity index (χ0v) is 54.3. The summed E-state index contributed by atoms with van der Waals surface area (Å²) in [6.45, 7) is 6.56. The molecule has 0 aliphatic rings. The van der Waals surface area contributed by atoms with Crippen LogP contribution in [0.2, 0.25) is 0 Å². The molecule has 0 aromatic rings. The Morgan fingerprint density at radius 1 is 0.259 bits per heavy atom. The van der Waals surface area contributed by atoms with Crippen LogP contribution in [-0.2, 0) is 28.6 Å². The van der Waals surface area contributed by atoms with Crippen molar-refractivity contribution in [2.45, 2.75) is 386 Å². The topological polar surface area (TPSA) is 78.9 Å². The zero-order chi connectivity index (χ0) is 58.5. The van der Waals surface area contributed by atoms with E-state index in [2.05, 4.69) is 81.5 Å². The van der Waals surface area contributed by atoms with Crippen LogP contribution in [-0.4, -0.2) is 37.2 Å². The van der Waals surface area contributed by atoms with Crippen LogP contribution in [0.3, 0.4) is 0 Å². The maximum Gasteiger partial charge on any atom is 0.306 e. The molecule has 0 heterocycles. The number of esters is 3. The lowest BCUT2D eigenvalue weighted by atomic mass is 10.0. The fraction of sp³-hybridized carbons (Fsp3) is 0.827. The van der Waals surface area contributed by atoms with E-state index in [1.54, 1.807) is 0 Å². The van der Waals surface area contributed by atoms with Gasteiger partial charge in [-0.1, -0.05) is 338 Å². The molecular weight excluding hydrogens is 997 g/mol. The molecule has 0 saturated heterocycles. The van der Waals surface area contributed by atoms with Crippen molar-refractivity contribution in [3.05, 3.63) is 60.8 Å². The Kier molecular flexibility index (Phi) is 67.1. The second kappa shape index (κ2) is 69.6. The summed E-state index contributed by atoms with van der Waals surface area (Å²) in [4.78, 5) is 38.3. The molecule has 0 radical (unpaired) electrons. The minimum atomic E-state index is -0.772. The standard InChI is InChI=1S/C75H136O6/c1-4-7-10-13-16-19-21-23-25-27-29-31-33-35-36-37-38-40-41-43-45-47-49-51-53-56-59-62-65-68-74(77)80-71-72(70-79-73(76)67-64-61-58-55-18-15-12-9-6-3)81-75(78)69-66-63-60-57-54-52-50-48-46-44-42-39-34-32-30-28-26-24-22-20-17-14-11-8-5-2/h8,11,17,20,24,26-27,29-30,32,72H,4-7,9-10,12-16,18-19,21-23,25,28,31,33-71H2,1-3H3/b11-8-,20-17-,26-24-,29-27-,32-30-. The number of rotatable bonds is 66. The lowest BCUT2D eigenvalue weighted by molar-refractivity contribution is -0.167. The van der Waals surface area contributed by atoms with Crippen molar-refractivity contribution in [3.63, 3.8) is 0 Å². The Hall–Kier alpha value is -2.89. The second-order valence-electron chi connectivity index (χ2n) is 24.1. The SMILES string of the molecule is CC/C=C\C/C=C\C/C=C\C/C=C\CCCCCCCCCCCCCCC(=O)OC(COC(=O)CCCCCCCCCCC)COC(=O)CCCCCCCCCCCCCCCCCCC/C=C\CCCCCCCCCC. The first kappa shape index (κ1) is 78.1. The second-order valence-corrected chi connectivity index (χ2v) is 24.1. The van der Waals surface area contributed by atoms with Crippen molar-refractivity contribution >= 4 is 17.9 Å². The van der Waals surface area contributed by atoms with E-state index in [1.165, 1.54) is 257 Å². The van der Waals surface area contributed by atoms with Crippen molar-refractivity contribution in [2.75, 3.05) is 13.2 Å². The Morgan fingerprint density at radius 2 is 0.481 bits per heavy atom. The highest BCUT2D eigenvalue weighted by molar-refractivity contribution is 5.71. The van der Waals surface area contributed by atoms with Gasteiger partial charge in [-0.15, -0.1) is 0 Å². The first-order valence-electron chi connectivity index (χ1n) is 35.8. The number of hydrogen-bond donors (Lipinski definition) is 0. The molecule has 0 spiro atoms. The Bertz CT molecular complexity index is 1440. The van der Waals surface area contributed by atoms with Gasteiger partial charge in [0.1, 0.15) is 13.2 Å². The molecule has 0 N–H and O–H groups in total. The molecule has 0 rings (SSSR count). The highest BCUT2D eigenvalue weighted by Crippen LogP contribution is 2.18. The number of ether oxygens (including phenoxy) is 3. The molecule has 0 aromatic heterocycles. The third-order valence-electron chi connectivity index (χ3n) is 16.0. The molecule has 0 aromatic carbocycles. The molecule has 81 heavy (non-hydrogen) atoms. The Balaban J connectivity index is 4.10.